The Morgan fingerprint density at radius 2 is 1.92 bits per heavy atom. The minimum atomic E-state index is -3.65. The minimum Gasteiger partial charge on any atom is -0.478 e. The number of aryl methyl sites for hydroxylation is 1. The Morgan fingerprint density at radius 1 is 1.29 bits per heavy atom. The van der Waals surface area contributed by atoms with Crippen LogP contribution in [0.5, 0.6) is 0 Å². The van der Waals surface area contributed by atoms with Crippen molar-refractivity contribution in [3.8, 4) is 0 Å². The molecule has 8 nitrogen and oxygen atoms in total. The fraction of sp³-hybridized carbons (Fsp3) is 0.267. The second-order valence-corrected chi connectivity index (χ2v) is 7.27. The van der Waals surface area contributed by atoms with Crippen LogP contribution in [0.4, 0.5) is 5.69 Å². The number of aromatic amines is 1. The number of rotatable bonds is 6. The van der Waals surface area contributed by atoms with Gasteiger partial charge in [0.2, 0.25) is 10.0 Å². The van der Waals surface area contributed by atoms with Crippen molar-refractivity contribution in [1.82, 2.24) is 9.97 Å². The van der Waals surface area contributed by atoms with E-state index in [4.69, 9.17) is 5.11 Å². The monoisotopic (exact) mass is 351 g/mol. The first-order valence-electron chi connectivity index (χ1n) is 7.13. The van der Waals surface area contributed by atoms with Crippen molar-refractivity contribution in [3.63, 3.8) is 0 Å². The molecule has 2 N–H and O–H groups in total. The molecule has 2 rings (SSSR count). The van der Waals surface area contributed by atoms with Crippen LogP contribution < -0.4 is 9.86 Å². The van der Waals surface area contributed by atoms with E-state index in [9.17, 15) is 18.0 Å². The maximum atomic E-state index is 12.4. The van der Waals surface area contributed by atoms with Crippen molar-refractivity contribution in [1.29, 1.82) is 0 Å². The van der Waals surface area contributed by atoms with Gasteiger partial charge in [0.05, 0.1) is 23.5 Å². The number of carboxylic acid groups (broad SMARTS) is 1. The Morgan fingerprint density at radius 3 is 2.42 bits per heavy atom. The first-order chi connectivity index (χ1) is 11.2. The molecule has 9 heteroatoms. The first-order valence-corrected chi connectivity index (χ1v) is 8.74. The molecule has 24 heavy (non-hydrogen) atoms. The SMILES string of the molecule is CCS(=O)(=O)N(Cc1nc(C)cc(=O)[nH]1)c1ccc(C(=O)O)cc1. The summed E-state index contributed by atoms with van der Waals surface area (Å²) in [5, 5.41) is 8.94. The number of H-pyrrole nitrogens is 1. The summed E-state index contributed by atoms with van der Waals surface area (Å²) < 4.78 is 25.9. The number of carbonyl (C=O) groups is 1. The highest BCUT2D eigenvalue weighted by Crippen LogP contribution is 2.21. The second-order valence-electron chi connectivity index (χ2n) is 5.09. The highest BCUT2D eigenvalue weighted by molar-refractivity contribution is 7.92. The van der Waals surface area contributed by atoms with E-state index in [-0.39, 0.29) is 29.2 Å². The van der Waals surface area contributed by atoms with Crippen molar-refractivity contribution in [2.45, 2.75) is 20.4 Å². The summed E-state index contributed by atoms with van der Waals surface area (Å²) in [6.45, 7) is 2.99. The van der Waals surface area contributed by atoms with Gasteiger partial charge in [-0.25, -0.2) is 18.2 Å². The van der Waals surface area contributed by atoms with Crippen LogP contribution in [0.3, 0.4) is 0 Å². The van der Waals surface area contributed by atoms with Gasteiger partial charge in [0.25, 0.3) is 5.56 Å². The fourth-order valence-electron chi connectivity index (χ4n) is 2.13. The molecule has 0 atom stereocenters. The summed E-state index contributed by atoms with van der Waals surface area (Å²) in [5.41, 5.74) is 0.456. The molecule has 0 aliphatic heterocycles. The molecule has 0 amide bonds. The van der Waals surface area contributed by atoms with Crippen molar-refractivity contribution >= 4 is 21.7 Å². The number of carboxylic acids is 1. The third kappa shape index (κ3) is 3.99. The normalized spacial score (nSPS) is 11.2. The van der Waals surface area contributed by atoms with Crippen LogP contribution in [-0.2, 0) is 16.6 Å². The van der Waals surface area contributed by atoms with E-state index >= 15 is 0 Å². The average molecular weight is 351 g/mol. The van der Waals surface area contributed by atoms with Crippen LogP contribution in [0.1, 0.15) is 28.8 Å². The lowest BCUT2D eigenvalue weighted by atomic mass is 10.2. The number of hydrogen-bond acceptors (Lipinski definition) is 5. The van der Waals surface area contributed by atoms with Gasteiger partial charge in [-0.05, 0) is 38.1 Å². The molecule has 1 heterocycles. The molecule has 2 aromatic rings. The number of sulfonamides is 1. The van der Waals surface area contributed by atoms with Gasteiger partial charge in [-0.3, -0.25) is 9.10 Å². The van der Waals surface area contributed by atoms with Crippen LogP contribution in [-0.4, -0.2) is 35.2 Å². The van der Waals surface area contributed by atoms with E-state index < -0.39 is 16.0 Å². The highest BCUT2D eigenvalue weighted by atomic mass is 32.2. The molecule has 0 aliphatic rings. The van der Waals surface area contributed by atoms with Crippen molar-refractivity contribution in [3.05, 3.63) is 57.8 Å². The number of anilines is 1. The number of nitrogens with zero attached hydrogens (tertiary/aromatic N) is 2. The lowest BCUT2D eigenvalue weighted by Gasteiger charge is -2.23. The quantitative estimate of drug-likeness (QED) is 0.805. The zero-order chi connectivity index (χ0) is 17.9. The Labute approximate surface area is 138 Å². The van der Waals surface area contributed by atoms with Crippen LogP contribution in [0.15, 0.2) is 35.1 Å². The summed E-state index contributed by atoms with van der Waals surface area (Å²) in [7, 11) is -3.65. The molecule has 0 saturated carbocycles. The molecular formula is C15H17N3O5S. The summed E-state index contributed by atoms with van der Waals surface area (Å²) in [6.07, 6.45) is 0. The Hall–Kier alpha value is -2.68. The number of nitrogens with one attached hydrogen (secondary N) is 1. The summed E-state index contributed by atoms with van der Waals surface area (Å²) in [5.74, 6) is -1.04. The minimum absolute atomic E-state index is 0.0506. The van der Waals surface area contributed by atoms with Gasteiger partial charge >= 0.3 is 5.97 Å². The molecule has 1 aromatic carbocycles. The summed E-state index contributed by atoms with van der Waals surface area (Å²) in [6, 6.07) is 6.77. The van der Waals surface area contributed by atoms with Gasteiger partial charge in [-0.1, -0.05) is 0 Å². The van der Waals surface area contributed by atoms with Gasteiger partial charge in [0, 0.05) is 11.8 Å². The maximum absolute atomic E-state index is 12.4. The predicted octanol–water partition coefficient (Wildman–Crippen LogP) is 1.13. The van der Waals surface area contributed by atoms with E-state index in [1.54, 1.807) is 6.92 Å². The third-order valence-corrected chi connectivity index (χ3v) is 5.06. The largest absolute Gasteiger partial charge is 0.478 e. The highest BCUT2D eigenvalue weighted by Gasteiger charge is 2.22. The lowest BCUT2D eigenvalue weighted by Crippen LogP contribution is -2.33. The van der Waals surface area contributed by atoms with Crippen molar-refractivity contribution < 1.29 is 18.3 Å². The van der Waals surface area contributed by atoms with E-state index in [0.29, 0.717) is 11.4 Å². The Kier molecular flexibility index (Phi) is 5.03. The van der Waals surface area contributed by atoms with Gasteiger partial charge in [-0.2, -0.15) is 0 Å². The number of aromatic nitrogens is 2. The van der Waals surface area contributed by atoms with E-state index in [2.05, 4.69) is 9.97 Å². The van der Waals surface area contributed by atoms with Crippen LogP contribution in [0.2, 0.25) is 0 Å². The third-order valence-electron chi connectivity index (χ3n) is 3.31. The van der Waals surface area contributed by atoms with Crippen LogP contribution in [0, 0.1) is 6.92 Å². The number of benzene rings is 1. The fourth-order valence-corrected chi connectivity index (χ4v) is 3.20. The molecule has 1 aromatic heterocycles. The summed E-state index contributed by atoms with van der Waals surface area (Å²) >= 11 is 0. The van der Waals surface area contributed by atoms with E-state index in [1.165, 1.54) is 37.3 Å². The number of aromatic carboxylic acids is 1. The van der Waals surface area contributed by atoms with E-state index in [0.717, 1.165) is 4.31 Å². The molecule has 128 valence electrons. The predicted molar refractivity (Wildman–Crippen MR) is 88.6 cm³/mol. The molecule has 0 saturated heterocycles. The van der Waals surface area contributed by atoms with Gasteiger partial charge in [0.1, 0.15) is 5.82 Å². The topological polar surface area (TPSA) is 120 Å². The lowest BCUT2D eigenvalue weighted by molar-refractivity contribution is 0.0697. The Balaban J connectivity index is 2.45. The molecule has 0 radical (unpaired) electrons. The number of hydrogen-bond donors (Lipinski definition) is 2. The van der Waals surface area contributed by atoms with Crippen molar-refractivity contribution in [2.24, 2.45) is 0 Å². The standard InChI is InChI=1S/C15H17N3O5S/c1-3-24(22,23)18(9-13-16-10(2)8-14(19)17-13)12-6-4-11(5-7-12)15(20)21/h4-8H,3,9H2,1-2H3,(H,20,21)(H,16,17,19). The smallest absolute Gasteiger partial charge is 0.335 e. The zero-order valence-electron chi connectivity index (χ0n) is 13.2. The maximum Gasteiger partial charge on any atom is 0.335 e. The summed E-state index contributed by atoms with van der Waals surface area (Å²) in [4.78, 5) is 29.1. The first kappa shape index (κ1) is 17.7. The average Bonchev–Trinajstić information content (AvgIpc) is 2.51. The van der Waals surface area contributed by atoms with Gasteiger partial charge in [-0.15, -0.1) is 0 Å². The van der Waals surface area contributed by atoms with Crippen LogP contribution in [0.25, 0.3) is 0 Å². The van der Waals surface area contributed by atoms with Crippen molar-refractivity contribution in [2.75, 3.05) is 10.1 Å². The van der Waals surface area contributed by atoms with Gasteiger partial charge < -0.3 is 10.1 Å². The van der Waals surface area contributed by atoms with E-state index in [1.807, 2.05) is 0 Å². The zero-order valence-corrected chi connectivity index (χ0v) is 14.0. The molecule has 0 aliphatic carbocycles. The second kappa shape index (κ2) is 6.83. The molecule has 0 spiro atoms. The Bertz CT molecular complexity index is 903. The van der Waals surface area contributed by atoms with Crippen LogP contribution >= 0.6 is 0 Å². The molecule has 0 fully saturated rings. The molecular weight excluding hydrogens is 334 g/mol. The molecule has 0 unspecified atom stereocenters. The molecule has 0 bridgehead atoms. The van der Waals surface area contributed by atoms with Gasteiger partial charge in [0.15, 0.2) is 0 Å².